The quantitative estimate of drug-likeness (QED) is 0.208. The van der Waals surface area contributed by atoms with Crippen LogP contribution in [0.1, 0.15) is 24.4 Å². The van der Waals surface area contributed by atoms with E-state index in [4.69, 9.17) is 33.7 Å². The number of phenols is 2. The van der Waals surface area contributed by atoms with Crippen molar-refractivity contribution in [1.82, 2.24) is 0 Å². The molecule has 0 aliphatic carbocycles. The summed E-state index contributed by atoms with van der Waals surface area (Å²) in [6, 6.07) is 7.34. The Balaban J connectivity index is 0.000000757. The fourth-order valence-electron chi connectivity index (χ4n) is 2.92. The first-order chi connectivity index (χ1) is 17.9. The van der Waals surface area contributed by atoms with Gasteiger partial charge < -0.3 is 39.1 Å². The number of hydrogen-bond donors (Lipinski definition) is 4. The topological polar surface area (TPSA) is 224 Å². The van der Waals surface area contributed by atoms with Crippen LogP contribution in [0.25, 0.3) is 22.1 Å². The van der Waals surface area contributed by atoms with Crippen molar-refractivity contribution < 1.29 is 63.0 Å². The average molecular weight is 532 g/mol. The molecule has 14 heteroatoms. The maximum absolute atomic E-state index is 13.2. The number of phenolic OH excluding ortho intramolecular Hbond substituents is 2. The van der Waals surface area contributed by atoms with Crippen LogP contribution in [0.4, 0.5) is 0 Å². The van der Waals surface area contributed by atoms with Gasteiger partial charge in [0.1, 0.15) is 28.2 Å². The molecule has 0 fully saturated rings. The molecular weight excluding hydrogens is 512 g/mol. The molecule has 3 rings (SSSR count). The van der Waals surface area contributed by atoms with Crippen molar-refractivity contribution in [3.8, 4) is 28.4 Å². The number of benzene rings is 2. The van der Waals surface area contributed by atoms with Crippen LogP contribution in [0.3, 0.4) is 0 Å². The Labute approximate surface area is 212 Å². The first-order valence-corrected chi connectivity index (χ1v) is 10.6. The first kappa shape index (κ1) is 28.8. The third-order valence-corrected chi connectivity index (χ3v) is 4.40. The molecule has 2 aromatic carbocycles. The molecule has 3 aromatic rings. The lowest BCUT2D eigenvalue weighted by atomic mass is 10.0. The Kier molecular flexibility index (Phi) is 9.51. The van der Waals surface area contributed by atoms with Crippen molar-refractivity contribution in [2.75, 3.05) is 13.2 Å². The molecule has 0 atom stereocenters. The predicted molar refractivity (Wildman–Crippen MR) is 125 cm³/mol. The van der Waals surface area contributed by atoms with Crippen LogP contribution in [0.5, 0.6) is 17.2 Å². The van der Waals surface area contributed by atoms with Gasteiger partial charge in [0, 0.05) is 12.1 Å². The van der Waals surface area contributed by atoms with Crippen LogP contribution in [0.2, 0.25) is 0 Å². The number of carboxylic acid groups (broad SMARTS) is 2. The standard InChI is InChI=1S/C22H18O10.C2H2O4/c1-3-29-20(26)19-16(18(25)17-14(24)9-12(23)10-15(17)32-19)11-5-7-13(8-6-11)31-22(28)21(27)30-4-2;3-1(4)2(5)6/h5-10,23-24H,3-4H2,1-2H3;(H,3,4)(H,5,6). The number of ether oxygens (including phenoxy) is 3. The first-order valence-electron chi connectivity index (χ1n) is 10.6. The summed E-state index contributed by atoms with van der Waals surface area (Å²) in [6.45, 7) is 3.12. The van der Waals surface area contributed by atoms with Crippen molar-refractivity contribution in [1.29, 1.82) is 0 Å². The minimum atomic E-state index is -1.82. The summed E-state index contributed by atoms with van der Waals surface area (Å²) in [6.07, 6.45) is 0. The minimum absolute atomic E-state index is 0.00582. The second kappa shape index (κ2) is 12.5. The lowest BCUT2D eigenvalue weighted by molar-refractivity contribution is -0.161. The van der Waals surface area contributed by atoms with Crippen LogP contribution in [0, 0.1) is 0 Å². The molecule has 0 aliphatic rings. The fourth-order valence-corrected chi connectivity index (χ4v) is 2.92. The molecule has 200 valence electrons. The molecule has 0 unspecified atom stereocenters. The molecular formula is C24H20O14. The van der Waals surface area contributed by atoms with Crippen molar-refractivity contribution in [3.63, 3.8) is 0 Å². The molecule has 1 heterocycles. The third kappa shape index (κ3) is 6.84. The van der Waals surface area contributed by atoms with E-state index in [0.29, 0.717) is 0 Å². The summed E-state index contributed by atoms with van der Waals surface area (Å²) >= 11 is 0. The van der Waals surface area contributed by atoms with E-state index in [9.17, 15) is 29.4 Å². The van der Waals surface area contributed by atoms with Gasteiger partial charge in [-0.1, -0.05) is 12.1 Å². The van der Waals surface area contributed by atoms with Crippen molar-refractivity contribution in [3.05, 3.63) is 52.4 Å². The third-order valence-electron chi connectivity index (χ3n) is 4.40. The van der Waals surface area contributed by atoms with E-state index < -0.39 is 46.8 Å². The highest BCUT2D eigenvalue weighted by molar-refractivity contribution is 6.30. The number of hydrogen-bond acceptors (Lipinski definition) is 12. The molecule has 0 bridgehead atoms. The molecule has 0 spiro atoms. The van der Waals surface area contributed by atoms with E-state index >= 15 is 0 Å². The summed E-state index contributed by atoms with van der Waals surface area (Å²) in [7, 11) is 0. The Bertz CT molecular complexity index is 1440. The van der Waals surface area contributed by atoms with Crippen LogP contribution >= 0.6 is 0 Å². The summed E-state index contributed by atoms with van der Waals surface area (Å²) < 4.78 is 19.9. The summed E-state index contributed by atoms with van der Waals surface area (Å²) in [5.74, 6) is -8.31. The highest BCUT2D eigenvalue weighted by atomic mass is 16.6. The van der Waals surface area contributed by atoms with Gasteiger partial charge in [-0.3, -0.25) is 4.79 Å². The van der Waals surface area contributed by atoms with Gasteiger partial charge >= 0.3 is 29.8 Å². The van der Waals surface area contributed by atoms with E-state index in [1.807, 2.05) is 0 Å². The summed E-state index contributed by atoms with van der Waals surface area (Å²) in [4.78, 5) is 66.9. The number of rotatable bonds is 5. The largest absolute Gasteiger partial charge is 0.508 e. The predicted octanol–water partition coefficient (Wildman–Crippen LogP) is 1.67. The maximum Gasteiger partial charge on any atom is 0.422 e. The van der Waals surface area contributed by atoms with Gasteiger partial charge in [-0.05, 0) is 31.5 Å². The molecule has 0 aliphatic heterocycles. The maximum atomic E-state index is 13.2. The molecule has 1 aromatic heterocycles. The van der Waals surface area contributed by atoms with Crippen LogP contribution in [-0.2, 0) is 28.7 Å². The van der Waals surface area contributed by atoms with Crippen LogP contribution < -0.4 is 10.2 Å². The second-order valence-corrected chi connectivity index (χ2v) is 6.94. The molecule has 14 nitrogen and oxygen atoms in total. The van der Waals surface area contributed by atoms with E-state index in [1.54, 1.807) is 6.92 Å². The monoisotopic (exact) mass is 532 g/mol. The Morgan fingerprint density at radius 3 is 1.95 bits per heavy atom. The van der Waals surface area contributed by atoms with E-state index in [1.165, 1.54) is 31.2 Å². The molecule has 0 saturated carbocycles. The number of carbonyl (C=O) groups excluding carboxylic acids is 3. The molecule has 38 heavy (non-hydrogen) atoms. The number of esters is 3. The Morgan fingerprint density at radius 2 is 1.42 bits per heavy atom. The number of carboxylic acids is 2. The van der Waals surface area contributed by atoms with E-state index in [0.717, 1.165) is 12.1 Å². The summed E-state index contributed by atoms with van der Waals surface area (Å²) in [5.41, 5.74) is -0.977. The molecule has 0 radical (unpaired) electrons. The van der Waals surface area contributed by atoms with Crippen LogP contribution in [-0.4, -0.2) is 63.5 Å². The van der Waals surface area contributed by atoms with Gasteiger partial charge in [-0.25, -0.2) is 24.0 Å². The van der Waals surface area contributed by atoms with Gasteiger partial charge in [-0.15, -0.1) is 0 Å². The highest BCUT2D eigenvalue weighted by Gasteiger charge is 2.25. The Morgan fingerprint density at radius 1 is 0.842 bits per heavy atom. The zero-order valence-electron chi connectivity index (χ0n) is 19.7. The highest BCUT2D eigenvalue weighted by Crippen LogP contribution is 2.32. The van der Waals surface area contributed by atoms with Gasteiger partial charge in [-0.2, -0.15) is 0 Å². The van der Waals surface area contributed by atoms with E-state index in [2.05, 4.69) is 4.74 Å². The number of aliphatic carboxylic acids is 2. The van der Waals surface area contributed by atoms with Gasteiger partial charge in [0.2, 0.25) is 11.2 Å². The zero-order valence-corrected chi connectivity index (χ0v) is 19.7. The molecule has 0 amide bonds. The smallest absolute Gasteiger partial charge is 0.422 e. The minimum Gasteiger partial charge on any atom is -0.508 e. The Hall–Kier alpha value is -5.40. The molecule has 0 saturated heterocycles. The number of carbonyl (C=O) groups is 5. The molecule has 4 N–H and O–H groups in total. The zero-order chi connectivity index (χ0) is 28.6. The van der Waals surface area contributed by atoms with Gasteiger partial charge in [0.15, 0.2) is 0 Å². The van der Waals surface area contributed by atoms with Crippen molar-refractivity contribution >= 4 is 40.8 Å². The van der Waals surface area contributed by atoms with Crippen LogP contribution in [0.15, 0.2) is 45.6 Å². The van der Waals surface area contributed by atoms with Gasteiger partial charge in [0.25, 0.3) is 0 Å². The lowest BCUT2D eigenvalue weighted by Crippen LogP contribution is -2.22. The fraction of sp³-hybridized carbons (Fsp3) is 0.167. The van der Waals surface area contributed by atoms with Gasteiger partial charge in [0.05, 0.1) is 18.8 Å². The number of fused-ring (bicyclic) bond motifs is 1. The van der Waals surface area contributed by atoms with Crippen molar-refractivity contribution in [2.24, 2.45) is 0 Å². The van der Waals surface area contributed by atoms with Crippen molar-refractivity contribution in [2.45, 2.75) is 13.8 Å². The number of aromatic hydroxyl groups is 2. The summed E-state index contributed by atoms with van der Waals surface area (Å²) in [5, 5.41) is 34.4. The SMILES string of the molecule is CCOC(=O)C(=O)Oc1ccc(-c2c(C(=O)OCC)oc3cc(O)cc(O)c3c2=O)cc1.O=C(O)C(=O)O. The normalized spacial score (nSPS) is 10.1. The second-order valence-electron chi connectivity index (χ2n) is 6.94. The average Bonchev–Trinajstić information content (AvgIpc) is 2.84. The lowest BCUT2D eigenvalue weighted by Gasteiger charge is -2.11. The van der Waals surface area contributed by atoms with E-state index in [-0.39, 0.29) is 46.8 Å².